The molecule has 0 bridgehead atoms. The van der Waals surface area contributed by atoms with Crippen LogP contribution in [0, 0.1) is 31.3 Å². The van der Waals surface area contributed by atoms with E-state index in [1.807, 2.05) is 0 Å². The van der Waals surface area contributed by atoms with Gasteiger partial charge in [0.05, 0.1) is 11.1 Å². The van der Waals surface area contributed by atoms with Crippen LogP contribution in [0.5, 0.6) is 11.5 Å². The quantitative estimate of drug-likeness (QED) is 0.261. The number of hydrogen-bond donors (Lipinski definition) is 0. The van der Waals surface area contributed by atoms with Gasteiger partial charge < -0.3 is 9.47 Å². The van der Waals surface area contributed by atoms with Crippen LogP contribution >= 0.6 is 0 Å². The summed E-state index contributed by atoms with van der Waals surface area (Å²) in [7, 11) is 0. The summed E-state index contributed by atoms with van der Waals surface area (Å²) in [5.41, 5.74) is -2.44. The van der Waals surface area contributed by atoms with Crippen LogP contribution in [0.15, 0.2) is 48.5 Å². The lowest BCUT2D eigenvalue weighted by molar-refractivity contribution is -0.141. The third-order valence-corrected chi connectivity index (χ3v) is 4.45. The van der Waals surface area contributed by atoms with Crippen molar-refractivity contribution in [2.24, 2.45) is 0 Å². The molecule has 33 heavy (non-hydrogen) atoms. The highest BCUT2D eigenvalue weighted by atomic mass is 19.4. The predicted molar refractivity (Wildman–Crippen MR) is 104 cm³/mol. The summed E-state index contributed by atoms with van der Waals surface area (Å²) in [6.45, 7) is 3.06. The number of hydrogen-bond acceptors (Lipinski definition) is 4. The fourth-order valence-corrected chi connectivity index (χ4v) is 2.85. The van der Waals surface area contributed by atoms with Gasteiger partial charge in [-0.05, 0) is 61.4 Å². The number of rotatable bonds is 4. The summed E-state index contributed by atoms with van der Waals surface area (Å²) >= 11 is 0. The van der Waals surface area contributed by atoms with Crippen LogP contribution in [0.4, 0.5) is 26.3 Å². The minimum absolute atomic E-state index is 0.447. The predicted octanol–water partition coefficient (Wildman–Crippen LogP) is 6.18. The first-order chi connectivity index (χ1) is 15.4. The molecule has 4 nitrogen and oxygen atoms in total. The maximum atomic E-state index is 14.7. The average molecular weight is 468 g/mol. The highest BCUT2D eigenvalue weighted by Crippen LogP contribution is 2.42. The lowest BCUT2D eigenvalue weighted by Gasteiger charge is -2.16. The highest BCUT2D eigenvalue weighted by molar-refractivity contribution is 5.92. The van der Waals surface area contributed by atoms with Gasteiger partial charge in [0, 0.05) is 0 Å². The number of carbonyl (C=O) groups excluding carboxylic acids is 2. The Kier molecular flexibility index (Phi) is 6.48. The Labute approximate surface area is 183 Å². The molecule has 0 fully saturated rings. The molecule has 0 N–H and O–H groups in total. The van der Waals surface area contributed by atoms with Crippen molar-refractivity contribution in [3.05, 3.63) is 93.8 Å². The third-order valence-electron chi connectivity index (χ3n) is 4.45. The summed E-state index contributed by atoms with van der Waals surface area (Å²) in [5.74, 6) is -9.50. The number of carbonyl (C=O) groups is 2. The molecule has 0 unspecified atom stereocenters. The molecule has 0 atom stereocenters. The number of esters is 2. The molecule has 3 rings (SSSR count). The fraction of sp³-hybridized carbons (Fsp3) is 0.130. The van der Waals surface area contributed by atoms with E-state index in [0.717, 1.165) is 24.3 Å². The Morgan fingerprint density at radius 2 is 1.12 bits per heavy atom. The first-order valence-corrected chi connectivity index (χ1v) is 9.25. The molecule has 10 heteroatoms. The Morgan fingerprint density at radius 3 is 1.55 bits per heavy atom. The van der Waals surface area contributed by atoms with Crippen molar-refractivity contribution >= 4 is 11.9 Å². The Hall–Kier alpha value is -3.82. The number of benzene rings is 3. The van der Waals surface area contributed by atoms with Crippen LogP contribution in [0.1, 0.15) is 37.4 Å². The van der Waals surface area contributed by atoms with E-state index >= 15 is 0 Å². The molecule has 3 aromatic rings. The molecule has 0 amide bonds. The molecule has 172 valence electrons. The summed E-state index contributed by atoms with van der Waals surface area (Å²) in [5, 5.41) is 0. The largest absolute Gasteiger partial charge is 0.422 e. The van der Waals surface area contributed by atoms with Gasteiger partial charge >= 0.3 is 18.1 Å². The van der Waals surface area contributed by atoms with Crippen molar-refractivity contribution in [2.75, 3.05) is 0 Å². The van der Waals surface area contributed by atoms with Crippen LogP contribution in [-0.2, 0) is 6.18 Å². The van der Waals surface area contributed by atoms with E-state index in [9.17, 15) is 35.9 Å². The van der Waals surface area contributed by atoms with Gasteiger partial charge in [0.2, 0.25) is 0 Å². The van der Waals surface area contributed by atoms with Crippen LogP contribution < -0.4 is 9.47 Å². The lowest BCUT2D eigenvalue weighted by atomic mass is 10.1. The average Bonchev–Trinajstić information content (AvgIpc) is 2.68. The summed E-state index contributed by atoms with van der Waals surface area (Å²) in [6.07, 6.45) is -5.39. The maximum Gasteiger partial charge on any atom is 0.422 e. The number of ether oxygens (including phenoxy) is 2. The molecule has 0 spiro atoms. The van der Waals surface area contributed by atoms with Crippen LogP contribution in [0.25, 0.3) is 0 Å². The molecule has 0 aromatic heterocycles. The fourth-order valence-electron chi connectivity index (χ4n) is 2.85. The topological polar surface area (TPSA) is 52.6 Å². The number of aryl methyl sites for hydroxylation is 2. The molecule has 0 saturated carbocycles. The second-order valence-corrected chi connectivity index (χ2v) is 6.99. The van der Waals surface area contributed by atoms with Gasteiger partial charge in [0.1, 0.15) is 22.9 Å². The van der Waals surface area contributed by atoms with E-state index in [2.05, 4.69) is 9.47 Å². The van der Waals surface area contributed by atoms with Crippen LogP contribution in [0.2, 0.25) is 0 Å². The van der Waals surface area contributed by atoms with Crippen LogP contribution in [0.3, 0.4) is 0 Å². The zero-order valence-electron chi connectivity index (χ0n) is 17.0. The smallest absolute Gasteiger partial charge is 0.422 e. The Morgan fingerprint density at radius 1 is 0.697 bits per heavy atom. The van der Waals surface area contributed by atoms with Gasteiger partial charge in [-0.25, -0.2) is 22.8 Å². The normalized spacial score (nSPS) is 11.3. The zero-order valence-corrected chi connectivity index (χ0v) is 17.0. The summed E-state index contributed by atoms with van der Waals surface area (Å²) in [6, 6.07) is 7.80. The van der Waals surface area contributed by atoms with Crippen molar-refractivity contribution in [1.29, 1.82) is 0 Å². The summed E-state index contributed by atoms with van der Waals surface area (Å²) in [4.78, 5) is 24.3. The van der Waals surface area contributed by atoms with Gasteiger partial charge in [0.15, 0.2) is 11.6 Å². The van der Waals surface area contributed by atoms with E-state index in [4.69, 9.17) is 0 Å². The maximum absolute atomic E-state index is 14.7. The lowest BCUT2D eigenvalue weighted by Crippen LogP contribution is -2.18. The van der Waals surface area contributed by atoms with Gasteiger partial charge in [0.25, 0.3) is 0 Å². The first kappa shape index (κ1) is 23.8. The molecule has 3 aromatic carbocycles. The molecule has 0 aliphatic heterocycles. The van der Waals surface area contributed by atoms with Crippen molar-refractivity contribution in [3.63, 3.8) is 0 Å². The van der Waals surface area contributed by atoms with Crippen molar-refractivity contribution in [1.82, 2.24) is 0 Å². The number of alkyl halides is 3. The van der Waals surface area contributed by atoms with Crippen molar-refractivity contribution < 1.29 is 45.4 Å². The van der Waals surface area contributed by atoms with Gasteiger partial charge in [-0.2, -0.15) is 13.2 Å². The van der Waals surface area contributed by atoms with E-state index in [0.29, 0.717) is 23.3 Å². The second kappa shape index (κ2) is 8.97. The molecule has 0 radical (unpaired) electrons. The SMILES string of the molecule is Cc1ccc(C(=O)Oc2ccc(OC(=O)c3ccc(C)cc3F)c(C(F)(F)F)c2F)c(F)c1. The molecule has 0 aliphatic carbocycles. The molecule has 0 heterocycles. The van der Waals surface area contributed by atoms with E-state index < -0.39 is 63.8 Å². The number of halogens is 6. The van der Waals surface area contributed by atoms with Gasteiger partial charge in [-0.3, -0.25) is 0 Å². The van der Waals surface area contributed by atoms with Crippen LogP contribution in [-0.4, -0.2) is 11.9 Å². The standard InChI is InChI=1S/C23H14F6O4/c1-11-3-5-13(15(24)9-11)21(30)32-17-7-8-18(20(26)19(17)23(27,28)29)33-22(31)14-6-4-12(2)10-16(14)25/h3-10H,1-2H3. The van der Waals surface area contributed by atoms with Gasteiger partial charge in [-0.15, -0.1) is 0 Å². The zero-order chi connectivity index (χ0) is 24.5. The van der Waals surface area contributed by atoms with E-state index in [1.54, 1.807) is 0 Å². The Bertz CT molecular complexity index is 1250. The minimum Gasteiger partial charge on any atom is -0.422 e. The van der Waals surface area contributed by atoms with E-state index in [-0.39, 0.29) is 0 Å². The van der Waals surface area contributed by atoms with Gasteiger partial charge in [-0.1, -0.05) is 12.1 Å². The molecule has 0 aliphatic rings. The van der Waals surface area contributed by atoms with Crippen molar-refractivity contribution in [3.8, 4) is 11.5 Å². The highest BCUT2D eigenvalue weighted by Gasteiger charge is 2.40. The third kappa shape index (κ3) is 5.16. The Balaban J connectivity index is 1.96. The van der Waals surface area contributed by atoms with Crippen molar-refractivity contribution in [2.45, 2.75) is 20.0 Å². The monoisotopic (exact) mass is 468 g/mol. The summed E-state index contributed by atoms with van der Waals surface area (Å²) < 4.78 is 92.4. The molecular formula is C23H14F6O4. The second-order valence-electron chi connectivity index (χ2n) is 6.99. The minimum atomic E-state index is -5.39. The molecular weight excluding hydrogens is 454 g/mol. The molecule has 0 saturated heterocycles. The first-order valence-electron chi connectivity index (χ1n) is 9.25. The van der Waals surface area contributed by atoms with E-state index in [1.165, 1.54) is 26.0 Å².